The fraction of sp³-hybridized carbons (Fsp3) is 0.917. The first-order chi connectivity index (χ1) is 7.64. The van der Waals surface area contributed by atoms with E-state index in [-0.39, 0.29) is 29.8 Å². The molecule has 1 aliphatic carbocycles. The summed E-state index contributed by atoms with van der Waals surface area (Å²) in [6.07, 6.45) is 5.00. The maximum Gasteiger partial charge on any atom is 0.225 e. The van der Waals surface area contributed by atoms with E-state index in [0.29, 0.717) is 0 Å². The molecule has 1 aliphatic heterocycles. The molecule has 1 heterocycles. The number of nitrogens with one attached hydrogen (secondary N) is 2. The monoisotopic (exact) mass is 261 g/mol. The van der Waals surface area contributed by atoms with E-state index in [1.54, 1.807) is 0 Å². The lowest BCUT2D eigenvalue weighted by molar-refractivity contribution is -0.127. The van der Waals surface area contributed by atoms with Crippen molar-refractivity contribution in [2.45, 2.75) is 31.2 Å². The van der Waals surface area contributed by atoms with Gasteiger partial charge in [-0.3, -0.25) is 4.79 Å². The Bertz CT molecular complexity index is 260. The number of amides is 1. The van der Waals surface area contributed by atoms with Crippen molar-refractivity contribution in [3.8, 4) is 0 Å². The van der Waals surface area contributed by atoms with Crippen LogP contribution >= 0.6 is 12.4 Å². The van der Waals surface area contributed by atoms with E-state index in [9.17, 15) is 4.79 Å². The van der Waals surface area contributed by atoms with Crippen LogP contribution in [0.4, 0.5) is 0 Å². The molecule has 0 unspecified atom stereocenters. The largest absolute Gasteiger partial charge is 0.354 e. The highest BCUT2D eigenvalue weighted by atomic mass is 35.5. The van der Waals surface area contributed by atoms with E-state index < -0.39 is 0 Å². The van der Waals surface area contributed by atoms with Crippen LogP contribution in [0.3, 0.4) is 0 Å². The van der Waals surface area contributed by atoms with Gasteiger partial charge in [-0.25, -0.2) is 0 Å². The normalized spacial score (nSPS) is 23.0. The third-order valence-corrected chi connectivity index (χ3v) is 4.23. The van der Waals surface area contributed by atoms with Crippen molar-refractivity contribution in [1.82, 2.24) is 15.5 Å². The Balaban J connectivity index is 0.00000144. The summed E-state index contributed by atoms with van der Waals surface area (Å²) in [6, 6.07) is 0. The molecule has 0 aromatic carbocycles. The van der Waals surface area contributed by atoms with Crippen molar-refractivity contribution in [2.24, 2.45) is 5.92 Å². The summed E-state index contributed by atoms with van der Waals surface area (Å²) in [7, 11) is 4.25. The van der Waals surface area contributed by atoms with Gasteiger partial charge in [0.1, 0.15) is 0 Å². The van der Waals surface area contributed by atoms with E-state index in [2.05, 4.69) is 29.6 Å². The van der Waals surface area contributed by atoms with Gasteiger partial charge in [0.15, 0.2) is 0 Å². The minimum absolute atomic E-state index is 0. The predicted molar refractivity (Wildman–Crippen MR) is 71.5 cm³/mol. The summed E-state index contributed by atoms with van der Waals surface area (Å²) < 4.78 is 0. The quantitative estimate of drug-likeness (QED) is 0.780. The zero-order valence-corrected chi connectivity index (χ0v) is 11.6. The molecule has 1 saturated heterocycles. The van der Waals surface area contributed by atoms with Gasteiger partial charge in [-0.05, 0) is 26.9 Å². The van der Waals surface area contributed by atoms with E-state index in [0.717, 1.165) is 19.6 Å². The van der Waals surface area contributed by atoms with Crippen LogP contribution in [0.5, 0.6) is 0 Å². The van der Waals surface area contributed by atoms with Crippen LogP contribution < -0.4 is 10.6 Å². The van der Waals surface area contributed by atoms with E-state index in [1.165, 1.54) is 25.7 Å². The van der Waals surface area contributed by atoms with Gasteiger partial charge in [0.25, 0.3) is 0 Å². The highest BCUT2D eigenvalue weighted by Gasteiger charge is 2.37. The van der Waals surface area contributed by atoms with Gasteiger partial charge in [0.05, 0.1) is 5.92 Å². The molecule has 2 N–H and O–H groups in total. The second-order valence-corrected chi connectivity index (χ2v) is 5.40. The van der Waals surface area contributed by atoms with Crippen LogP contribution in [0, 0.1) is 5.92 Å². The Labute approximate surface area is 110 Å². The summed E-state index contributed by atoms with van der Waals surface area (Å²) in [6.45, 7) is 2.51. The van der Waals surface area contributed by atoms with E-state index >= 15 is 0 Å². The molecular weight excluding hydrogens is 238 g/mol. The maximum atomic E-state index is 11.8. The molecule has 2 rings (SSSR count). The standard InChI is InChI=1S/C12H23N3O.ClH/c1-15(2)12(5-3-4-6-12)9-14-11(16)10-7-13-8-10;/h10,13H,3-9H2,1-2H3,(H,14,16);1H. The topological polar surface area (TPSA) is 44.4 Å². The summed E-state index contributed by atoms with van der Waals surface area (Å²) in [5.41, 5.74) is 0.215. The zero-order chi connectivity index (χ0) is 11.6. The first-order valence-corrected chi connectivity index (χ1v) is 6.30. The maximum absolute atomic E-state index is 11.8. The minimum atomic E-state index is 0. The van der Waals surface area contributed by atoms with Gasteiger partial charge in [0, 0.05) is 25.2 Å². The minimum Gasteiger partial charge on any atom is -0.354 e. The molecule has 0 radical (unpaired) electrons. The highest BCUT2D eigenvalue weighted by Crippen LogP contribution is 2.33. The Morgan fingerprint density at radius 2 is 1.94 bits per heavy atom. The summed E-state index contributed by atoms with van der Waals surface area (Å²) >= 11 is 0. The Morgan fingerprint density at radius 1 is 1.35 bits per heavy atom. The number of carbonyl (C=O) groups excluding carboxylic acids is 1. The van der Waals surface area contributed by atoms with Crippen molar-refractivity contribution >= 4 is 18.3 Å². The molecule has 17 heavy (non-hydrogen) atoms. The third kappa shape index (κ3) is 3.12. The lowest BCUT2D eigenvalue weighted by Crippen LogP contribution is -2.56. The van der Waals surface area contributed by atoms with Crippen LogP contribution in [-0.2, 0) is 4.79 Å². The molecule has 2 aliphatic rings. The first-order valence-electron chi connectivity index (χ1n) is 6.30. The Hall–Kier alpha value is -0.320. The third-order valence-electron chi connectivity index (χ3n) is 4.23. The van der Waals surface area contributed by atoms with Crippen LogP contribution in [0.2, 0.25) is 0 Å². The van der Waals surface area contributed by atoms with Crippen molar-refractivity contribution in [2.75, 3.05) is 33.7 Å². The average Bonchev–Trinajstić information content (AvgIpc) is 2.61. The molecule has 1 saturated carbocycles. The lowest BCUT2D eigenvalue weighted by atomic mass is 9.95. The highest BCUT2D eigenvalue weighted by molar-refractivity contribution is 5.85. The molecule has 100 valence electrons. The van der Waals surface area contributed by atoms with Crippen LogP contribution in [0.1, 0.15) is 25.7 Å². The molecule has 0 aromatic heterocycles. The lowest BCUT2D eigenvalue weighted by Gasteiger charge is -2.37. The van der Waals surface area contributed by atoms with Crippen molar-refractivity contribution < 1.29 is 4.79 Å². The number of hydrogen-bond donors (Lipinski definition) is 2. The zero-order valence-electron chi connectivity index (χ0n) is 10.8. The fourth-order valence-electron chi connectivity index (χ4n) is 2.69. The molecule has 0 aromatic rings. The van der Waals surface area contributed by atoms with Crippen LogP contribution in [0.15, 0.2) is 0 Å². The average molecular weight is 262 g/mol. The van der Waals surface area contributed by atoms with Crippen LogP contribution in [-0.4, -0.2) is 50.1 Å². The molecule has 0 bridgehead atoms. The van der Waals surface area contributed by atoms with Gasteiger partial charge < -0.3 is 15.5 Å². The number of halogens is 1. The fourth-order valence-corrected chi connectivity index (χ4v) is 2.69. The molecule has 0 spiro atoms. The number of likely N-dealkylation sites (N-methyl/N-ethyl adjacent to an activating group) is 1. The molecule has 2 fully saturated rings. The summed E-state index contributed by atoms with van der Waals surface area (Å²) in [5.74, 6) is 0.437. The van der Waals surface area contributed by atoms with Gasteiger partial charge in [-0.15, -0.1) is 12.4 Å². The molecule has 5 heteroatoms. The van der Waals surface area contributed by atoms with Crippen LogP contribution in [0.25, 0.3) is 0 Å². The first kappa shape index (κ1) is 14.7. The predicted octanol–water partition coefficient (Wildman–Crippen LogP) is 0.618. The van der Waals surface area contributed by atoms with E-state index in [1.807, 2.05) is 0 Å². The molecular formula is C12H24ClN3O. The van der Waals surface area contributed by atoms with Crippen molar-refractivity contribution in [3.63, 3.8) is 0 Å². The van der Waals surface area contributed by atoms with Gasteiger partial charge in [-0.1, -0.05) is 12.8 Å². The Morgan fingerprint density at radius 3 is 2.35 bits per heavy atom. The smallest absolute Gasteiger partial charge is 0.225 e. The van der Waals surface area contributed by atoms with Crippen molar-refractivity contribution in [1.29, 1.82) is 0 Å². The number of hydrogen-bond acceptors (Lipinski definition) is 3. The number of nitrogens with zero attached hydrogens (tertiary/aromatic N) is 1. The number of rotatable bonds is 4. The summed E-state index contributed by atoms with van der Waals surface area (Å²) in [4.78, 5) is 14.1. The Kier molecular flexibility index (Phi) is 5.22. The second-order valence-electron chi connectivity index (χ2n) is 5.40. The molecule has 1 amide bonds. The van der Waals surface area contributed by atoms with E-state index in [4.69, 9.17) is 0 Å². The SMILES string of the molecule is CN(C)C1(CNC(=O)C2CNC2)CCCC1.Cl. The second kappa shape index (κ2) is 6.03. The summed E-state index contributed by atoms with van der Waals surface area (Å²) in [5, 5.41) is 6.26. The van der Waals surface area contributed by atoms with Gasteiger partial charge in [0.2, 0.25) is 5.91 Å². The molecule has 0 atom stereocenters. The van der Waals surface area contributed by atoms with Crippen molar-refractivity contribution in [3.05, 3.63) is 0 Å². The molecule has 4 nitrogen and oxygen atoms in total. The number of carbonyl (C=O) groups is 1. The van der Waals surface area contributed by atoms with Gasteiger partial charge in [-0.2, -0.15) is 0 Å². The van der Waals surface area contributed by atoms with Gasteiger partial charge >= 0.3 is 0 Å².